The topological polar surface area (TPSA) is 37.4 Å². The molecule has 2 aromatic rings. The van der Waals surface area contributed by atoms with Crippen LogP contribution in [-0.4, -0.2) is 19.8 Å². The number of rotatable bonds is 3. The Bertz CT molecular complexity index is 772. The average molecular weight is 380 g/mol. The predicted molar refractivity (Wildman–Crippen MR) is 91.2 cm³/mol. The number of halogens is 1. The lowest BCUT2D eigenvalue weighted by molar-refractivity contribution is 0.337. The molecule has 0 radical (unpaired) electrons. The average Bonchev–Trinajstić information content (AvgIpc) is 2.54. The fourth-order valence-electron chi connectivity index (χ4n) is 3.05. The Morgan fingerprint density at radius 2 is 1.77 bits per heavy atom. The first-order valence-electron chi connectivity index (χ1n) is 7.31. The van der Waals surface area contributed by atoms with Crippen LogP contribution in [0, 0.1) is 0 Å². The summed E-state index contributed by atoms with van der Waals surface area (Å²) in [4.78, 5) is 0.334. The molecular weight excluding hydrogens is 362 g/mol. The van der Waals surface area contributed by atoms with Gasteiger partial charge in [-0.05, 0) is 54.7 Å². The second-order valence-electron chi connectivity index (χ2n) is 5.58. The summed E-state index contributed by atoms with van der Waals surface area (Å²) < 4.78 is 28.1. The van der Waals surface area contributed by atoms with Crippen molar-refractivity contribution in [2.45, 2.75) is 30.2 Å². The fraction of sp³-hybridized carbons (Fsp3) is 0.294. The van der Waals surface area contributed by atoms with E-state index in [-0.39, 0.29) is 6.04 Å². The van der Waals surface area contributed by atoms with E-state index in [1.165, 1.54) is 9.87 Å². The van der Waals surface area contributed by atoms with Gasteiger partial charge in [-0.3, -0.25) is 0 Å². The maximum absolute atomic E-state index is 12.9. The first kappa shape index (κ1) is 15.7. The molecule has 0 N–H and O–H groups in total. The summed E-state index contributed by atoms with van der Waals surface area (Å²) in [5.74, 6) is 0. The minimum atomic E-state index is -3.49. The first-order chi connectivity index (χ1) is 10.5. The van der Waals surface area contributed by atoms with Crippen molar-refractivity contribution < 1.29 is 8.42 Å². The van der Waals surface area contributed by atoms with Gasteiger partial charge in [-0.2, -0.15) is 4.31 Å². The highest BCUT2D eigenvalue weighted by molar-refractivity contribution is 9.10. The van der Waals surface area contributed by atoms with E-state index in [2.05, 4.69) is 22.0 Å². The maximum Gasteiger partial charge on any atom is 0.243 e. The molecule has 0 aromatic heterocycles. The minimum Gasteiger partial charge on any atom is -0.207 e. The summed E-state index contributed by atoms with van der Waals surface area (Å²) in [5.41, 5.74) is 2.40. The molecule has 2 aromatic carbocycles. The van der Waals surface area contributed by atoms with Crippen LogP contribution in [0.3, 0.4) is 0 Å². The van der Waals surface area contributed by atoms with Gasteiger partial charge in [0.1, 0.15) is 0 Å². The third kappa shape index (κ3) is 2.85. The molecule has 0 spiro atoms. The van der Waals surface area contributed by atoms with Crippen LogP contribution in [0.1, 0.15) is 30.0 Å². The predicted octanol–water partition coefficient (Wildman–Crippen LogP) is 4.15. The largest absolute Gasteiger partial charge is 0.243 e. The Kier molecular flexibility index (Phi) is 4.39. The first-order valence-corrected chi connectivity index (χ1v) is 9.55. The van der Waals surface area contributed by atoms with Crippen molar-refractivity contribution in [1.82, 2.24) is 4.31 Å². The Hall–Kier alpha value is -1.17. The highest BCUT2D eigenvalue weighted by Crippen LogP contribution is 2.36. The molecule has 0 saturated carbocycles. The Balaban J connectivity index is 1.97. The molecule has 116 valence electrons. The summed E-state index contributed by atoms with van der Waals surface area (Å²) in [7, 11) is -1.80. The van der Waals surface area contributed by atoms with E-state index >= 15 is 0 Å². The van der Waals surface area contributed by atoms with E-state index in [4.69, 9.17) is 0 Å². The highest BCUT2D eigenvalue weighted by atomic mass is 79.9. The van der Waals surface area contributed by atoms with Gasteiger partial charge in [0.05, 0.1) is 4.90 Å². The summed E-state index contributed by atoms with van der Waals surface area (Å²) in [6.45, 7) is 0. The molecule has 0 amide bonds. The SMILES string of the molecule is CN(C1CCCc2ccccc21)S(=O)(=O)c1ccc(Br)cc1. The summed E-state index contributed by atoms with van der Waals surface area (Å²) in [6, 6.07) is 14.9. The Morgan fingerprint density at radius 1 is 1.09 bits per heavy atom. The molecule has 0 bridgehead atoms. The molecule has 5 heteroatoms. The molecule has 3 nitrogen and oxygen atoms in total. The van der Waals surface area contributed by atoms with Crippen LogP contribution in [0.25, 0.3) is 0 Å². The number of benzene rings is 2. The fourth-order valence-corrected chi connectivity index (χ4v) is 4.68. The molecule has 0 saturated heterocycles. The second kappa shape index (κ2) is 6.14. The van der Waals surface area contributed by atoms with Gasteiger partial charge in [0, 0.05) is 17.6 Å². The van der Waals surface area contributed by atoms with Gasteiger partial charge in [-0.1, -0.05) is 40.2 Å². The maximum atomic E-state index is 12.9. The number of fused-ring (bicyclic) bond motifs is 1. The van der Waals surface area contributed by atoms with Crippen LogP contribution in [0.15, 0.2) is 57.9 Å². The number of nitrogens with zero attached hydrogens (tertiary/aromatic N) is 1. The van der Waals surface area contributed by atoms with Crippen molar-refractivity contribution in [2.24, 2.45) is 0 Å². The number of aryl methyl sites for hydroxylation is 1. The highest BCUT2D eigenvalue weighted by Gasteiger charge is 2.31. The van der Waals surface area contributed by atoms with Crippen molar-refractivity contribution in [2.75, 3.05) is 7.05 Å². The van der Waals surface area contributed by atoms with Gasteiger partial charge in [-0.25, -0.2) is 8.42 Å². The van der Waals surface area contributed by atoms with Gasteiger partial charge >= 0.3 is 0 Å². The van der Waals surface area contributed by atoms with Crippen molar-refractivity contribution in [3.8, 4) is 0 Å². The van der Waals surface area contributed by atoms with Gasteiger partial charge in [0.2, 0.25) is 10.0 Å². The van der Waals surface area contributed by atoms with Crippen LogP contribution in [0.2, 0.25) is 0 Å². The van der Waals surface area contributed by atoms with Gasteiger partial charge in [-0.15, -0.1) is 0 Å². The summed E-state index contributed by atoms with van der Waals surface area (Å²) >= 11 is 3.34. The van der Waals surface area contributed by atoms with E-state index in [0.717, 1.165) is 29.3 Å². The molecule has 1 unspecified atom stereocenters. The molecule has 22 heavy (non-hydrogen) atoms. The molecule has 1 atom stereocenters. The van der Waals surface area contributed by atoms with Crippen LogP contribution in [0.4, 0.5) is 0 Å². The molecule has 1 aliphatic rings. The standard InChI is InChI=1S/C17H18BrNO2S/c1-19(22(20,21)15-11-9-14(18)10-12-15)17-8-4-6-13-5-2-3-7-16(13)17/h2-3,5,7,9-12,17H,4,6,8H2,1H3. The quantitative estimate of drug-likeness (QED) is 0.803. The van der Waals surface area contributed by atoms with E-state index < -0.39 is 10.0 Å². The number of hydrogen-bond acceptors (Lipinski definition) is 2. The molecule has 0 aliphatic heterocycles. The lowest BCUT2D eigenvalue weighted by Gasteiger charge is -2.32. The van der Waals surface area contributed by atoms with Gasteiger partial charge < -0.3 is 0 Å². The molecular formula is C17H18BrNO2S. The second-order valence-corrected chi connectivity index (χ2v) is 8.50. The zero-order valence-corrected chi connectivity index (χ0v) is 14.8. The van der Waals surface area contributed by atoms with Crippen molar-refractivity contribution >= 4 is 26.0 Å². The van der Waals surface area contributed by atoms with Gasteiger partial charge in [0.15, 0.2) is 0 Å². The molecule has 1 aliphatic carbocycles. The van der Waals surface area contributed by atoms with Crippen LogP contribution in [0.5, 0.6) is 0 Å². The van der Waals surface area contributed by atoms with Crippen molar-refractivity contribution in [3.63, 3.8) is 0 Å². The molecule has 3 rings (SSSR count). The monoisotopic (exact) mass is 379 g/mol. The molecule has 0 heterocycles. The smallest absolute Gasteiger partial charge is 0.207 e. The third-order valence-electron chi connectivity index (χ3n) is 4.27. The zero-order chi connectivity index (χ0) is 15.7. The minimum absolute atomic E-state index is 0.0846. The Morgan fingerprint density at radius 3 is 2.50 bits per heavy atom. The normalized spacial score (nSPS) is 18.2. The molecule has 0 fully saturated rings. The van der Waals surface area contributed by atoms with Crippen molar-refractivity contribution in [3.05, 3.63) is 64.1 Å². The Labute approximate surface area is 140 Å². The van der Waals surface area contributed by atoms with Crippen molar-refractivity contribution in [1.29, 1.82) is 0 Å². The van der Waals surface area contributed by atoms with Crippen LogP contribution in [-0.2, 0) is 16.4 Å². The van der Waals surface area contributed by atoms with Gasteiger partial charge in [0.25, 0.3) is 0 Å². The summed E-state index contributed by atoms with van der Waals surface area (Å²) in [5, 5.41) is 0. The van der Waals surface area contributed by atoms with E-state index in [0.29, 0.717) is 4.90 Å². The van der Waals surface area contributed by atoms with Crippen LogP contribution >= 0.6 is 15.9 Å². The lowest BCUT2D eigenvalue weighted by atomic mass is 9.88. The lowest BCUT2D eigenvalue weighted by Crippen LogP contribution is -2.33. The summed E-state index contributed by atoms with van der Waals surface area (Å²) in [6.07, 6.45) is 2.91. The third-order valence-corrected chi connectivity index (χ3v) is 6.68. The van der Waals surface area contributed by atoms with E-state index in [1.54, 1.807) is 31.3 Å². The van der Waals surface area contributed by atoms with E-state index in [1.807, 2.05) is 18.2 Å². The zero-order valence-electron chi connectivity index (χ0n) is 12.4. The number of hydrogen-bond donors (Lipinski definition) is 0. The van der Waals surface area contributed by atoms with Crippen LogP contribution < -0.4 is 0 Å². The number of sulfonamides is 1. The van der Waals surface area contributed by atoms with E-state index in [9.17, 15) is 8.42 Å².